The third kappa shape index (κ3) is 3.80. The Hall–Kier alpha value is -3.27. The molecule has 4 heteroatoms. The minimum atomic E-state index is -0.381. The normalized spacial score (nSPS) is 12.7. The lowest BCUT2D eigenvalue weighted by Crippen LogP contribution is -2.26. The Morgan fingerprint density at radius 3 is 2.41 bits per heavy atom. The average Bonchev–Trinajstić information content (AvgIpc) is 3.32. The fraction of sp³-hybridized carbons (Fsp3) is 0.174. The second-order valence-corrected chi connectivity index (χ2v) is 6.50. The van der Waals surface area contributed by atoms with Gasteiger partial charge in [0.2, 0.25) is 0 Å². The van der Waals surface area contributed by atoms with E-state index in [-0.39, 0.29) is 12.0 Å². The summed E-state index contributed by atoms with van der Waals surface area (Å²) in [5.41, 5.74) is 5.90. The van der Waals surface area contributed by atoms with Gasteiger partial charge in [-0.3, -0.25) is 0 Å². The first kappa shape index (κ1) is 17.2. The minimum absolute atomic E-state index is 0.0872. The van der Waals surface area contributed by atoms with Crippen LogP contribution in [0.1, 0.15) is 29.0 Å². The highest BCUT2D eigenvalue weighted by Crippen LogP contribution is 2.44. The van der Waals surface area contributed by atoms with E-state index in [0.717, 1.165) is 12.0 Å². The SMILES string of the molecule is O=C(NCCC=Cc1ccoc1)OCC1c2ccccc2-c2ccccc21. The third-order valence-electron chi connectivity index (χ3n) is 4.78. The van der Waals surface area contributed by atoms with Gasteiger partial charge in [0.15, 0.2) is 0 Å². The first-order valence-corrected chi connectivity index (χ1v) is 9.10. The second kappa shape index (κ2) is 7.96. The van der Waals surface area contributed by atoms with E-state index in [9.17, 15) is 4.79 Å². The summed E-state index contributed by atoms with van der Waals surface area (Å²) in [5, 5.41) is 2.80. The van der Waals surface area contributed by atoms with Crippen molar-refractivity contribution in [2.24, 2.45) is 0 Å². The first-order chi connectivity index (χ1) is 13.3. The minimum Gasteiger partial charge on any atom is -0.472 e. The molecule has 1 heterocycles. The summed E-state index contributed by atoms with van der Waals surface area (Å²) < 4.78 is 10.5. The summed E-state index contributed by atoms with van der Waals surface area (Å²) in [4.78, 5) is 12.0. The first-order valence-electron chi connectivity index (χ1n) is 9.10. The van der Waals surface area contributed by atoms with Crippen LogP contribution in [0, 0.1) is 0 Å². The maximum atomic E-state index is 12.0. The van der Waals surface area contributed by atoms with Crippen molar-refractivity contribution in [2.45, 2.75) is 12.3 Å². The van der Waals surface area contributed by atoms with Crippen molar-refractivity contribution in [3.05, 3.63) is 89.9 Å². The Morgan fingerprint density at radius 2 is 1.74 bits per heavy atom. The van der Waals surface area contributed by atoms with Crippen LogP contribution in [0.25, 0.3) is 17.2 Å². The number of rotatable bonds is 6. The van der Waals surface area contributed by atoms with Crippen molar-refractivity contribution in [1.29, 1.82) is 0 Å². The van der Waals surface area contributed by atoms with Crippen LogP contribution in [-0.4, -0.2) is 19.2 Å². The van der Waals surface area contributed by atoms with Crippen molar-refractivity contribution in [1.82, 2.24) is 5.32 Å². The van der Waals surface area contributed by atoms with Crippen molar-refractivity contribution < 1.29 is 13.9 Å². The zero-order chi connectivity index (χ0) is 18.5. The van der Waals surface area contributed by atoms with Crippen LogP contribution in [0.5, 0.6) is 0 Å². The molecule has 1 aliphatic carbocycles. The molecule has 0 radical (unpaired) electrons. The monoisotopic (exact) mass is 359 g/mol. The number of ether oxygens (including phenoxy) is 1. The summed E-state index contributed by atoms with van der Waals surface area (Å²) in [6, 6.07) is 18.5. The number of alkyl carbamates (subject to hydrolysis) is 1. The van der Waals surface area contributed by atoms with E-state index >= 15 is 0 Å². The molecule has 3 aromatic rings. The summed E-state index contributed by atoms with van der Waals surface area (Å²) in [7, 11) is 0. The van der Waals surface area contributed by atoms with Crippen molar-refractivity contribution >= 4 is 12.2 Å². The third-order valence-corrected chi connectivity index (χ3v) is 4.78. The van der Waals surface area contributed by atoms with E-state index in [1.807, 2.05) is 42.5 Å². The molecule has 0 bridgehead atoms. The van der Waals surface area contributed by atoms with E-state index in [1.54, 1.807) is 12.5 Å². The van der Waals surface area contributed by atoms with E-state index < -0.39 is 0 Å². The fourth-order valence-electron chi connectivity index (χ4n) is 3.50. The number of hydrogen-bond acceptors (Lipinski definition) is 3. The Morgan fingerprint density at radius 1 is 1.04 bits per heavy atom. The zero-order valence-electron chi connectivity index (χ0n) is 14.9. The Bertz CT molecular complexity index is 898. The molecule has 136 valence electrons. The number of fused-ring (bicyclic) bond motifs is 3. The predicted molar refractivity (Wildman–Crippen MR) is 105 cm³/mol. The molecular weight excluding hydrogens is 338 g/mol. The van der Waals surface area contributed by atoms with Gasteiger partial charge in [0, 0.05) is 18.0 Å². The van der Waals surface area contributed by atoms with Crippen LogP contribution in [0.15, 0.2) is 77.6 Å². The van der Waals surface area contributed by atoms with Gasteiger partial charge in [-0.15, -0.1) is 0 Å². The lowest BCUT2D eigenvalue weighted by Gasteiger charge is -2.14. The molecular formula is C23H21NO3. The van der Waals surface area contributed by atoms with E-state index in [0.29, 0.717) is 13.2 Å². The van der Waals surface area contributed by atoms with Gasteiger partial charge in [-0.05, 0) is 34.7 Å². The predicted octanol–water partition coefficient (Wildman–Crippen LogP) is 5.22. The summed E-state index contributed by atoms with van der Waals surface area (Å²) >= 11 is 0. The van der Waals surface area contributed by atoms with Crippen LogP contribution in [0.2, 0.25) is 0 Å². The zero-order valence-corrected chi connectivity index (χ0v) is 14.9. The largest absolute Gasteiger partial charge is 0.472 e. The quantitative estimate of drug-likeness (QED) is 0.614. The molecule has 0 saturated heterocycles. The highest BCUT2D eigenvalue weighted by atomic mass is 16.5. The number of nitrogens with one attached hydrogen (secondary N) is 1. The molecule has 0 saturated carbocycles. The van der Waals surface area contributed by atoms with Crippen LogP contribution in [-0.2, 0) is 4.74 Å². The van der Waals surface area contributed by atoms with Crippen LogP contribution >= 0.6 is 0 Å². The van der Waals surface area contributed by atoms with Gasteiger partial charge in [0.25, 0.3) is 0 Å². The molecule has 1 amide bonds. The number of benzene rings is 2. The van der Waals surface area contributed by atoms with Gasteiger partial charge in [-0.1, -0.05) is 60.7 Å². The Kier molecular flexibility index (Phi) is 5.06. The summed E-state index contributed by atoms with van der Waals surface area (Å²) in [5.74, 6) is 0.0872. The molecule has 0 unspecified atom stereocenters. The molecule has 0 spiro atoms. The molecule has 2 aromatic carbocycles. The molecule has 1 N–H and O–H groups in total. The maximum absolute atomic E-state index is 12.0. The van der Waals surface area contributed by atoms with Crippen LogP contribution in [0.3, 0.4) is 0 Å². The van der Waals surface area contributed by atoms with Gasteiger partial charge in [-0.2, -0.15) is 0 Å². The molecule has 1 aliphatic rings. The molecule has 0 fully saturated rings. The highest BCUT2D eigenvalue weighted by molar-refractivity contribution is 5.79. The average molecular weight is 359 g/mol. The lowest BCUT2D eigenvalue weighted by atomic mass is 9.98. The highest BCUT2D eigenvalue weighted by Gasteiger charge is 2.28. The van der Waals surface area contributed by atoms with Gasteiger partial charge >= 0.3 is 6.09 Å². The van der Waals surface area contributed by atoms with Crippen molar-refractivity contribution in [3.8, 4) is 11.1 Å². The number of carbonyl (C=O) groups excluding carboxylic acids is 1. The number of hydrogen-bond donors (Lipinski definition) is 1. The van der Waals surface area contributed by atoms with Crippen molar-refractivity contribution in [3.63, 3.8) is 0 Å². The van der Waals surface area contributed by atoms with Gasteiger partial charge in [0.1, 0.15) is 6.61 Å². The number of amides is 1. The molecule has 1 aromatic heterocycles. The van der Waals surface area contributed by atoms with E-state index in [2.05, 4.69) is 29.6 Å². The molecule has 27 heavy (non-hydrogen) atoms. The van der Waals surface area contributed by atoms with Gasteiger partial charge < -0.3 is 14.5 Å². The smallest absolute Gasteiger partial charge is 0.407 e. The Labute approximate surface area is 158 Å². The standard InChI is InChI=1S/C23H21NO3/c25-23(24-13-6-5-7-17-12-14-26-15-17)27-16-22-20-10-3-1-8-18(20)19-9-2-4-11-21(19)22/h1-5,7-12,14-15,22H,6,13,16H2,(H,24,25). The Balaban J connectivity index is 1.30. The molecule has 0 aliphatic heterocycles. The van der Waals surface area contributed by atoms with E-state index in [1.165, 1.54) is 22.3 Å². The molecule has 4 rings (SSSR count). The fourth-order valence-corrected chi connectivity index (χ4v) is 3.50. The lowest BCUT2D eigenvalue weighted by molar-refractivity contribution is 0.143. The molecule has 0 atom stereocenters. The molecule has 4 nitrogen and oxygen atoms in total. The summed E-state index contributed by atoms with van der Waals surface area (Å²) in [6.45, 7) is 0.871. The van der Waals surface area contributed by atoms with Crippen molar-refractivity contribution in [2.75, 3.05) is 13.2 Å². The number of furan rings is 1. The number of carbonyl (C=O) groups is 1. The van der Waals surface area contributed by atoms with E-state index in [4.69, 9.17) is 9.15 Å². The second-order valence-electron chi connectivity index (χ2n) is 6.50. The van der Waals surface area contributed by atoms with Crippen LogP contribution < -0.4 is 5.32 Å². The van der Waals surface area contributed by atoms with Crippen LogP contribution in [0.4, 0.5) is 4.79 Å². The van der Waals surface area contributed by atoms with Gasteiger partial charge in [0.05, 0.1) is 12.5 Å². The van der Waals surface area contributed by atoms with Gasteiger partial charge in [-0.25, -0.2) is 4.79 Å². The maximum Gasteiger partial charge on any atom is 0.407 e. The summed E-state index contributed by atoms with van der Waals surface area (Å²) in [6.07, 6.45) is 7.62. The topological polar surface area (TPSA) is 51.5 Å².